The van der Waals surface area contributed by atoms with E-state index in [9.17, 15) is 19.8 Å². The van der Waals surface area contributed by atoms with Crippen molar-refractivity contribution >= 4 is 17.7 Å². The lowest BCUT2D eigenvalue weighted by Crippen LogP contribution is -2.63. The number of aliphatic carboxylic acids is 1. The molecule has 1 unspecified atom stereocenters. The van der Waals surface area contributed by atoms with Crippen molar-refractivity contribution in [1.29, 1.82) is 5.41 Å². The minimum atomic E-state index is -1.10. The Morgan fingerprint density at radius 2 is 2.17 bits per heavy atom. The Labute approximate surface area is 140 Å². The molecule has 2 fully saturated rings. The highest BCUT2D eigenvalue weighted by atomic mass is 16.4. The summed E-state index contributed by atoms with van der Waals surface area (Å²) in [5.74, 6) is -1.87. The predicted octanol–water partition coefficient (Wildman–Crippen LogP) is -0.560. The van der Waals surface area contributed by atoms with Gasteiger partial charge in [0.2, 0.25) is 5.91 Å². The Morgan fingerprint density at radius 3 is 2.67 bits per heavy atom. The van der Waals surface area contributed by atoms with E-state index in [2.05, 4.69) is 4.90 Å². The van der Waals surface area contributed by atoms with Gasteiger partial charge in [0.05, 0.1) is 23.9 Å². The number of nitrogens with zero attached hydrogens (tertiary/aromatic N) is 2. The number of rotatable bonds is 5. The molecule has 8 nitrogen and oxygen atoms in total. The number of aliphatic hydroxyl groups is 1. The first-order valence-corrected chi connectivity index (χ1v) is 8.27. The lowest BCUT2D eigenvalue weighted by Gasteiger charge is -2.46. The largest absolute Gasteiger partial charge is 0.477 e. The zero-order valence-corrected chi connectivity index (χ0v) is 13.9. The number of hydrogen-bond donors (Lipinski definition) is 4. The average molecular weight is 336 g/mol. The first kappa shape index (κ1) is 16.9. The highest BCUT2D eigenvalue weighted by Crippen LogP contribution is 2.47. The molecule has 0 aromatic heterocycles. The summed E-state index contributed by atoms with van der Waals surface area (Å²) in [6.45, 7) is 5.34. The Bertz CT molecular complexity index is 630. The standard InChI is InChI=1S/C16H24N4O4/c1-7-10(6-19-4-3-9(5-19)14(17)18)13(16(23)24)20-12(7)11(8(2)21)15(20)22/h7-9,11-12,21H,3-6H2,1-2H3,(H3,17,18)(H,23,24)/t7-,8+,9-,11?,12+/m0/s1. The topological polar surface area (TPSA) is 131 Å². The number of amidine groups is 1. The van der Waals surface area contributed by atoms with Crippen molar-refractivity contribution in [2.45, 2.75) is 32.4 Å². The maximum atomic E-state index is 12.3. The van der Waals surface area contributed by atoms with Crippen LogP contribution in [0.1, 0.15) is 20.3 Å². The van der Waals surface area contributed by atoms with Crippen LogP contribution >= 0.6 is 0 Å². The molecule has 0 bridgehead atoms. The molecular formula is C16H24N4O4. The van der Waals surface area contributed by atoms with Gasteiger partial charge in [-0.3, -0.25) is 15.1 Å². The Balaban J connectivity index is 1.83. The van der Waals surface area contributed by atoms with Crippen LogP contribution in [0.25, 0.3) is 0 Å². The summed E-state index contributed by atoms with van der Waals surface area (Å²) in [6.07, 6.45) is 0.00590. The second kappa shape index (κ2) is 5.86. The molecule has 8 heteroatoms. The van der Waals surface area contributed by atoms with Crippen molar-refractivity contribution in [2.75, 3.05) is 19.6 Å². The molecule has 5 atom stereocenters. The third-order valence-electron chi connectivity index (χ3n) is 5.62. The van der Waals surface area contributed by atoms with E-state index in [1.807, 2.05) is 6.92 Å². The molecule has 0 aromatic carbocycles. The van der Waals surface area contributed by atoms with Crippen LogP contribution < -0.4 is 5.73 Å². The van der Waals surface area contributed by atoms with Crippen molar-refractivity contribution in [3.8, 4) is 0 Å². The molecule has 3 rings (SSSR count). The van der Waals surface area contributed by atoms with E-state index >= 15 is 0 Å². The van der Waals surface area contributed by atoms with Gasteiger partial charge in [-0.05, 0) is 25.5 Å². The van der Waals surface area contributed by atoms with Gasteiger partial charge in [0, 0.05) is 24.9 Å². The van der Waals surface area contributed by atoms with Crippen molar-refractivity contribution in [3.05, 3.63) is 11.3 Å². The van der Waals surface area contributed by atoms with Gasteiger partial charge in [0.25, 0.3) is 0 Å². The van der Waals surface area contributed by atoms with E-state index in [1.165, 1.54) is 4.90 Å². The summed E-state index contributed by atoms with van der Waals surface area (Å²) < 4.78 is 0. The maximum absolute atomic E-state index is 12.3. The Kier molecular flexibility index (Phi) is 4.13. The fraction of sp³-hybridized carbons (Fsp3) is 0.688. The number of carbonyl (C=O) groups is 2. The van der Waals surface area contributed by atoms with E-state index in [0.717, 1.165) is 18.5 Å². The van der Waals surface area contributed by atoms with Crippen molar-refractivity contribution in [2.24, 2.45) is 23.5 Å². The van der Waals surface area contributed by atoms with Gasteiger partial charge in [-0.25, -0.2) is 4.79 Å². The van der Waals surface area contributed by atoms with E-state index in [4.69, 9.17) is 11.1 Å². The molecule has 0 spiro atoms. The Morgan fingerprint density at radius 1 is 1.50 bits per heavy atom. The molecular weight excluding hydrogens is 312 g/mol. The van der Waals surface area contributed by atoms with Gasteiger partial charge < -0.3 is 20.8 Å². The molecule has 0 radical (unpaired) electrons. The molecule has 1 amide bonds. The van der Waals surface area contributed by atoms with E-state index < -0.39 is 18.0 Å². The number of carboxylic acid groups (broad SMARTS) is 1. The van der Waals surface area contributed by atoms with Gasteiger partial charge in [-0.1, -0.05) is 6.92 Å². The lowest BCUT2D eigenvalue weighted by atomic mass is 9.77. The summed E-state index contributed by atoms with van der Waals surface area (Å²) in [7, 11) is 0. The van der Waals surface area contributed by atoms with Gasteiger partial charge in [0.1, 0.15) is 5.70 Å². The maximum Gasteiger partial charge on any atom is 0.352 e. The number of fused-ring (bicyclic) bond motifs is 1. The summed E-state index contributed by atoms with van der Waals surface area (Å²) in [6, 6.07) is -0.273. The van der Waals surface area contributed by atoms with Gasteiger partial charge in [0.15, 0.2) is 0 Å². The van der Waals surface area contributed by atoms with Gasteiger partial charge in [-0.2, -0.15) is 0 Å². The third-order valence-corrected chi connectivity index (χ3v) is 5.62. The summed E-state index contributed by atoms with van der Waals surface area (Å²) in [5, 5.41) is 27.0. The van der Waals surface area contributed by atoms with Gasteiger partial charge >= 0.3 is 5.97 Å². The number of carboxylic acids is 1. The number of likely N-dealkylation sites (tertiary alicyclic amines) is 1. The summed E-state index contributed by atoms with van der Waals surface area (Å²) >= 11 is 0. The SMILES string of the molecule is C[C@@H](O)C1C(=O)N2C(C(=O)O)=C(CN3CC[C@H](C(=N)N)C3)[C@H](C)[C@H]12. The number of aliphatic hydroxyl groups excluding tert-OH is 1. The zero-order valence-electron chi connectivity index (χ0n) is 13.9. The first-order valence-electron chi connectivity index (χ1n) is 8.27. The van der Waals surface area contributed by atoms with Crippen LogP contribution in [0.5, 0.6) is 0 Å². The molecule has 3 aliphatic rings. The number of amides is 1. The van der Waals surface area contributed by atoms with Crippen LogP contribution in [0.15, 0.2) is 11.3 Å². The molecule has 0 saturated carbocycles. The number of β-lactam (4-membered cyclic amide) rings is 1. The molecule has 24 heavy (non-hydrogen) atoms. The second-order valence-electron chi connectivity index (χ2n) is 7.11. The van der Waals surface area contributed by atoms with Crippen LogP contribution in [0, 0.1) is 23.2 Å². The van der Waals surface area contributed by atoms with Crippen LogP contribution in [0.2, 0.25) is 0 Å². The minimum Gasteiger partial charge on any atom is -0.477 e. The summed E-state index contributed by atoms with van der Waals surface area (Å²) in [4.78, 5) is 27.4. The highest BCUT2D eigenvalue weighted by molar-refractivity contribution is 6.00. The fourth-order valence-corrected chi connectivity index (χ4v) is 4.32. The lowest BCUT2D eigenvalue weighted by molar-refractivity contribution is -0.163. The number of nitrogens with two attached hydrogens (primary N) is 1. The van der Waals surface area contributed by atoms with Crippen molar-refractivity contribution < 1.29 is 19.8 Å². The molecule has 132 valence electrons. The molecule has 3 heterocycles. The fourth-order valence-electron chi connectivity index (χ4n) is 4.32. The first-order chi connectivity index (χ1) is 11.2. The monoisotopic (exact) mass is 336 g/mol. The molecule has 5 N–H and O–H groups in total. The molecule has 0 aliphatic carbocycles. The van der Waals surface area contributed by atoms with Crippen molar-refractivity contribution in [3.63, 3.8) is 0 Å². The quantitative estimate of drug-likeness (QED) is 0.302. The van der Waals surface area contributed by atoms with Crippen LogP contribution in [0.3, 0.4) is 0 Å². The van der Waals surface area contributed by atoms with Crippen LogP contribution in [0.4, 0.5) is 0 Å². The predicted molar refractivity (Wildman–Crippen MR) is 86.1 cm³/mol. The van der Waals surface area contributed by atoms with E-state index in [-0.39, 0.29) is 35.3 Å². The van der Waals surface area contributed by atoms with E-state index in [0.29, 0.717) is 13.1 Å². The second-order valence-corrected chi connectivity index (χ2v) is 7.11. The van der Waals surface area contributed by atoms with Crippen LogP contribution in [-0.2, 0) is 9.59 Å². The summed E-state index contributed by atoms with van der Waals surface area (Å²) in [5.41, 5.74) is 6.36. The number of nitrogens with one attached hydrogen (secondary N) is 1. The molecule has 0 aromatic rings. The highest BCUT2D eigenvalue weighted by Gasteiger charge is 2.59. The van der Waals surface area contributed by atoms with Crippen LogP contribution in [-0.4, -0.2) is 69.5 Å². The average Bonchev–Trinajstić information content (AvgIpc) is 3.03. The van der Waals surface area contributed by atoms with E-state index in [1.54, 1.807) is 6.92 Å². The van der Waals surface area contributed by atoms with Gasteiger partial charge in [-0.15, -0.1) is 0 Å². The smallest absolute Gasteiger partial charge is 0.352 e. The third kappa shape index (κ3) is 2.41. The van der Waals surface area contributed by atoms with Crippen molar-refractivity contribution in [1.82, 2.24) is 9.80 Å². The minimum absolute atomic E-state index is 0.0134. The zero-order chi connectivity index (χ0) is 17.8. The normalized spacial score (nSPS) is 34.3. The number of carbonyl (C=O) groups excluding carboxylic acids is 1. The molecule has 3 aliphatic heterocycles. The Hall–Kier alpha value is -1.93. The number of hydrogen-bond acceptors (Lipinski definition) is 5. The molecule has 2 saturated heterocycles.